The van der Waals surface area contributed by atoms with Gasteiger partial charge in [-0.2, -0.15) is 4.98 Å². The first kappa shape index (κ1) is 13.2. The summed E-state index contributed by atoms with van der Waals surface area (Å²) in [6.45, 7) is 0. The van der Waals surface area contributed by atoms with Crippen LogP contribution in [0.5, 0.6) is 0 Å². The molecule has 20 heavy (non-hydrogen) atoms. The second-order valence-corrected chi connectivity index (χ2v) is 5.62. The van der Waals surface area contributed by atoms with Gasteiger partial charge in [-0.05, 0) is 24.5 Å². The molecule has 106 valence electrons. The minimum atomic E-state index is -0.434. The van der Waals surface area contributed by atoms with Crippen LogP contribution in [0, 0.1) is 0 Å². The van der Waals surface area contributed by atoms with Gasteiger partial charge in [0.2, 0.25) is 5.89 Å². The second kappa shape index (κ2) is 5.71. The molecule has 2 aromatic heterocycles. The van der Waals surface area contributed by atoms with Crippen LogP contribution >= 0.6 is 0 Å². The van der Waals surface area contributed by atoms with Crippen molar-refractivity contribution in [2.75, 3.05) is 0 Å². The Morgan fingerprint density at radius 2 is 2.00 bits per heavy atom. The summed E-state index contributed by atoms with van der Waals surface area (Å²) in [6.07, 6.45) is 10.8. The van der Waals surface area contributed by atoms with Crippen LogP contribution in [0.4, 0.5) is 0 Å². The van der Waals surface area contributed by atoms with E-state index in [2.05, 4.69) is 15.1 Å². The SMILES string of the molecule is NC1(c2nc(Cc3cccnc3)no2)CCCCCC1. The van der Waals surface area contributed by atoms with E-state index in [1.165, 1.54) is 12.8 Å². The average Bonchev–Trinajstić information content (AvgIpc) is 2.82. The summed E-state index contributed by atoms with van der Waals surface area (Å²) < 4.78 is 5.43. The third kappa shape index (κ3) is 2.88. The molecule has 1 fully saturated rings. The van der Waals surface area contributed by atoms with E-state index in [-0.39, 0.29) is 0 Å². The van der Waals surface area contributed by atoms with Crippen molar-refractivity contribution in [3.05, 3.63) is 41.8 Å². The number of aromatic nitrogens is 3. The Kier molecular flexibility index (Phi) is 3.78. The molecule has 3 rings (SSSR count). The molecule has 0 unspecified atom stereocenters. The molecule has 5 nitrogen and oxygen atoms in total. The lowest BCUT2D eigenvalue weighted by molar-refractivity contribution is 0.256. The van der Waals surface area contributed by atoms with Crippen LogP contribution in [-0.2, 0) is 12.0 Å². The minimum Gasteiger partial charge on any atom is -0.337 e. The van der Waals surface area contributed by atoms with Crippen LogP contribution in [0.3, 0.4) is 0 Å². The number of pyridine rings is 1. The third-order valence-electron chi connectivity index (χ3n) is 3.97. The van der Waals surface area contributed by atoms with Crippen molar-refractivity contribution >= 4 is 0 Å². The first-order valence-electron chi connectivity index (χ1n) is 7.27. The van der Waals surface area contributed by atoms with Crippen molar-refractivity contribution in [3.8, 4) is 0 Å². The molecule has 2 heterocycles. The highest BCUT2D eigenvalue weighted by molar-refractivity contribution is 5.14. The lowest BCUT2D eigenvalue weighted by atomic mass is 9.91. The fourth-order valence-corrected chi connectivity index (χ4v) is 2.79. The standard InChI is InChI=1S/C15H20N4O/c16-15(7-3-1-2-4-8-15)14-18-13(19-20-14)10-12-6-5-9-17-11-12/h5-6,9,11H,1-4,7-8,10,16H2. The zero-order valence-corrected chi connectivity index (χ0v) is 11.6. The molecular formula is C15H20N4O. The van der Waals surface area contributed by atoms with Crippen molar-refractivity contribution in [1.82, 2.24) is 15.1 Å². The Hall–Kier alpha value is -1.75. The van der Waals surface area contributed by atoms with Crippen LogP contribution in [0.15, 0.2) is 29.0 Å². The van der Waals surface area contributed by atoms with Crippen LogP contribution in [0.25, 0.3) is 0 Å². The van der Waals surface area contributed by atoms with Gasteiger partial charge in [-0.3, -0.25) is 4.98 Å². The van der Waals surface area contributed by atoms with Crippen molar-refractivity contribution in [2.24, 2.45) is 5.73 Å². The van der Waals surface area contributed by atoms with Gasteiger partial charge in [0.15, 0.2) is 5.82 Å². The molecule has 0 saturated heterocycles. The number of nitrogens with zero attached hydrogens (tertiary/aromatic N) is 3. The van der Waals surface area contributed by atoms with Crippen LogP contribution in [0.2, 0.25) is 0 Å². The number of rotatable bonds is 3. The maximum atomic E-state index is 6.48. The van der Waals surface area contributed by atoms with Gasteiger partial charge in [0.05, 0.1) is 5.54 Å². The zero-order valence-electron chi connectivity index (χ0n) is 11.6. The predicted octanol–water partition coefficient (Wildman–Crippen LogP) is 2.56. The predicted molar refractivity (Wildman–Crippen MR) is 74.9 cm³/mol. The van der Waals surface area contributed by atoms with E-state index in [1.54, 1.807) is 6.20 Å². The zero-order chi connectivity index (χ0) is 13.8. The lowest BCUT2D eigenvalue weighted by Gasteiger charge is -2.22. The van der Waals surface area contributed by atoms with Crippen LogP contribution in [0.1, 0.15) is 55.8 Å². The summed E-state index contributed by atoms with van der Waals surface area (Å²) in [5, 5.41) is 4.07. The summed E-state index contributed by atoms with van der Waals surface area (Å²) in [6, 6.07) is 3.92. The highest BCUT2D eigenvalue weighted by Gasteiger charge is 2.34. The van der Waals surface area contributed by atoms with Gasteiger partial charge in [-0.1, -0.05) is 36.9 Å². The smallest absolute Gasteiger partial charge is 0.246 e. The van der Waals surface area contributed by atoms with Crippen molar-refractivity contribution in [2.45, 2.75) is 50.5 Å². The summed E-state index contributed by atoms with van der Waals surface area (Å²) >= 11 is 0. The van der Waals surface area contributed by atoms with Gasteiger partial charge in [0, 0.05) is 18.8 Å². The van der Waals surface area contributed by atoms with Crippen molar-refractivity contribution in [1.29, 1.82) is 0 Å². The Morgan fingerprint density at radius 1 is 1.20 bits per heavy atom. The van der Waals surface area contributed by atoms with Gasteiger partial charge in [0.25, 0.3) is 0 Å². The van der Waals surface area contributed by atoms with E-state index in [1.807, 2.05) is 18.3 Å². The Balaban J connectivity index is 1.76. The van der Waals surface area contributed by atoms with Gasteiger partial charge in [-0.25, -0.2) is 0 Å². The molecule has 0 atom stereocenters. The molecule has 2 N–H and O–H groups in total. The van der Waals surface area contributed by atoms with Crippen LogP contribution < -0.4 is 5.73 Å². The summed E-state index contributed by atoms with van der Waals surface area (Å²) in [5.74, 6) is 1.28. The Labute approximate surface area is 118 Å². The van der Waals surface area contributed by atoms with Gasteiger partial charge < -0.3 is 10.3 Å². The van der Waals surface area contributed by atoms with E-state index in [4.69, 9.17) is 10.3 Å². The van der Waals surface area contributed by atoms with E-state index in [0.29, 0.717) is 18.1 Å². The van der Waals surface area contributed by atoms with E-state index in [0.717, 1.165) is 31.2 Å². The summed E-state index contributed by atoms with van der Waals surface area (Å²) in [5.41, 5.74) is 7.12. The van der Waals surface area contributed by atoms with Crippen LogP contribution in [-0.4, -0.2) is 15.1 Å². The fourth-order valence-electron chi connectivity index (χ4n) is 2.79. The largest absolute Gasteiger partial charge is 0.337 e. The quantitative estimate of drug-likeness (QED) is 0.869. The molecule has 5 heteroatoms. The highest BCUT2D eigenvalue weighted by Crippen LogP contribution is 2.32. The molecule has 0 aliphatic heterocycles. The molecule has 1 saturated carbocycles. The number of nitrogens with two attached hydrogens (primary N) is 1. The van der Waals surface area contributed by atoms with Gasteiger partial charge in [0.1, 0.15) is 0 Å². The molecule has 0 aromatic carbocycles. The number of hydrogen-bond donors (Lipinski definition) is 1. The van der Waals surface area contributed by atoms with Crippen molar-refractivity contribution < 1.29 is 4.52 Å². The topological polar surface area (TPSA) is 77.8 Å². The lowest BCUT2D eigenvalue weighted by Crippen LogP contribution is -2.36. The van der Waals surface area contributed by atoms with E-state index in [9.17, 15) is 0 Å². The van der Waals surface area contributed by atoms with E-state index >= 15 is 0 Å². The average molecular weight is 272 g/mol. The molecule has 0 bridgehead atoms. The van der Waals surface area contributed by atoms with Gasteiger partial charge in [-0.15, -0.1) is 0 Å². The van der Waals surface area contributed by atoms with Gasteiger partial charge >= 0.3 is 0 Å². The highest BCUT2D eigenvalue weighted by atomic mass is 16.5. The first-order valence-corrected chi connectivity index (χ1v) is 7.27. The Bertz CT molecular complexity index is 544. The molecule has 1 aliphatic rings. The fraction of sp³-hybridized carbons (Fsp3) is 0.533. The minimum absolute atomic E-state index is 0.434. The summed E-state index contributed by atoms with van der Waals surface area (Å²) in [4.78, 5) is 8.60. The first-order chi connectivity index (χ1) is 9.76. The molecule has 0 spiro atoms. The Morgan fingerprint density at radius 3 is 2.70 bits per heavy atom. The molecule has 0 amide bonds. The summed E-state index contributed by atoms with van der Waals surface area (Å²) in [7, 11) is 0. The van der Waals surface area contributed by atoms with E-state index < -0.39 is 5.54 Å². The molecule has 1 aliphatic carbocycles. The molecule has 2 aromatic rings. The third-order valence-corrected chi connectivity index (χ3v) is 3.97. The van der Waals surface area contributed by atoms with Crippen molar-refractivity contribution in [3.63, 3.8) is 0 Å². The molecule has 0 radical (unpaired) electrons. The molecular weight excluding hydrogens is 252 g/mol. The second-order valence-electron chi connectivity index (χ2n) is 5.62. The monoisotopic (exact) mass is 272 g/mol. The number of hydrogen-bond acceptors (Lipinski definition) is 5. The maximum Gasteiger partial charge on any atom is 0.246 e. The normalized spacial score (nSPS) is 18.6. The maximum absolute atomic E-state index is 6.48.